The summed E-state index contributed by atoms with van der Waals surface area (Å²) in [5.74, 6) is -0.983. The van der Waals surface area contributed by atoms with Crippen LogP contribution >= 0.6 is 11.6 Å². The lowest BCUT2D eigenvalue weighted by Crippen LogP contribution is -2.10. The van der Waals surface area contributed by atoms with Gasteiger partial charge in [-0.1, -0.05) is 23.7 Å². The number of carboxylic acids is 1. The zero-order chi connectivity index (χ0) is 14.7. The van der Waals surface area contributed by atoms with E-state index in [0.717, 1.165) is 11.3 Å². The third kappa shape index (κ3) is 3.27. The predicted molar refractivity (Wildman–Crippen MR) is 79.4 cm³/mol. The molecular formula is C15H15ClN2O2. The molecule has 0 fully saturated rings. The molecule has 0 saturated heterocycles. The largest absolute Gasteiger partial charge is 0.478 e. The van der Waals surface area contributed by atoms with Crippen LogP contribution in [-0.4, -0.2) is 16.1 Å². The number of halogens is 1. The number of carbonyl (C=O) groups is 1. The Bertz CT molecular complexity index is 656. The van der Waals surface area contributed by atoms with Crippen molar-refractivity contribution in [3.8, 4) is 0 Å². The number of aryl methyl sites for hydroxylation is 2. The van der Waals surface area contributed by atoms with Crippen molar-refractivity contribution in [3.63, 3.8) is 0 Å². The molecule has 4 nitrogen and oxygen atoms in total. The molecule has 20 heavy (non-hydrogen) atoms. The monoisotopic (exact) mass is 290 g/mol. The minimum absolute atomic E-state index is 0.206. The average molecular weight is 291 g/mol. The van der Waals surface area contributed by atoms with E-state index in [0.29, 0.717) is 22.9 Å². The lowest BCUT2D eigenvalue weighted by molar-refractivity contribution is 0.0696. The molecule has 0 radical (unpaired) electrons. The summed E-state index contributed by atoms with van der Waals surface area (Å²) in [6.45, 7) is 4.04. The van der Waals surface area contributed by atoms with Crippen LogP contribution in [0.25, 0.3) is 0 Å². The Labute approximate surface area is 122 Å². The highest BCUT2D eigenvalue weighted by Crippen LogP contribution is 2.21. The zero-order valence-corrected chi connectivity index (χ0v) is 12.0. The Morgan fingerprint density at radius 1 is 1.35 bits per heavy atom. The van der Waals surface area contributed by atoms with Crippen LogP contribution in [0.5, 0.6) is 0 Å². The van der Waals surface area contributed by atoms with Crippen LogP contribution in [0.15, 0.2) is 30.3 Å². The second-order valence-electron chi connectivity index (χ2n) is 4.56. The van der Waals surface area contributed by atoms with E-state index in [1.54, 1.807) is 19.1 Å². The minimum Gasteiger partial charge on any atom is -0.478 e. The van der Waals surface area contributed by atoms with E-state index in [9.17, 15) is 9.90 Å². The smallest absolute Gasteiger partial charge is 0.339 e. The van der Waals surface area contributed by atoms with E-state index < -0.39 is 5.97 Å². The summed E-state index contributed by atoms with van der Waals surface area (Å²) < 4.78 is 0. The number of anilines is 1. The van der Waals surface area contributed by atoms with Crippen LogP contribution in [0.3, 0.4) is 0 Å². The van der Waals surface area contributed by atoms with Gasteiger partial charge in [-0.3, -0.25) is 4.98 Å². The van der Waals surface area contributed by atoms with Gasteiger partial charge in [0.1, 0.15) is 5.56 Å². The SMILES string of the molecule is Cc1cc(NCc2cccc(Cl)c2)c(C(=O)O)c(C)n1. The molecule has 1 aromatic carbocycles. The van der Waals surface area contributed by atoms with Crippen LogP contribution < -0.4 is 5.32 Å². The number of aromatic carboxylic acids is 1. The van der Waals surface area contributed by atoms with Gasteiger partial charge in [0, 0.05) is 17.3 Å². The number of hydrogen-bond donors (Lipinski definition) is 2. The molecule has 104 valence electrons. The highest BCUT2D eigenvalue weighted by Gasteiger charge is 2.15. The number of rotatable bonds is 4. The molecular weight excluding hydrogens is 276 g/mol. The third-order valence-electron chi connectivity index (χ3n) is 2.91. The maximum absolute atomic E-state index is 11.3. The Morgan fingerprint density at radius 2 is 2.10 bits per heavy atom. The number of aromatic nitrogens is 1. The second kappa shape index (κ2) is 5.92. The Kier molecular flexibility index (Phi) is 4.25. The quantitative estimate of drug-likeness (QED) is 0.902. The molecule has 5 heteroatoms. The number of nitrogens with one attached hydrogen (secondary N) is 1. The summed E-state index contributed by atoms with van der Waals surface area (Å²) in [5.41, 5.74) is 3.05. The van der Waals surface area contributed by atoms with Crippen molar-refractivity contribution in [2.45, 2.75) is 20.4 Å². The molecule has 0 aliphatic carbocycles. The molecule has 0 spiro atoms. The van der Waals surface area contributed by atoms with E-state index in [2.05, 4.69) is 10.3 Å². The molecule has 0 saturated carbocycles. The zero-order valence-electron chi connectivity index (χ0n) is 11.3. The van der Waals surface area contributed by atoms with Crippen LogP contribution in [0.1, 0.15) is 27.3 Å². The van der Waals surface area contributed by atoms with Gasteiger partial charge < -0.3 is 10.4 Å². The Morgan fingerprint density at radius 3 is 2.75 bits per heavy atom. The summed E-state index contributed by atoms with van der Waals surface area (Å²) in [5, 5.41) is 13.1. The lowest BCUT2D eigenvalue weighted by Gasteiger charge is -2.12. The lowest BCUT2D eigenvalue weighted by atomic mass is 10.1. The number of pyridine rings is 1. The Balaban J connectivity index is 2.27. The molecule has 1 heterocycles. The first-order valence-electron chi connectivity index (χ1n) is 6.17. The molecule has 0 atom stereocenters. The van der Waals surface area contributed by atoms with Crippen molar-refractivity contribution in [1.82, 2.24) is 4.98 Å². The van der Waals surface area contributed by atoms with Crippen molar-refractivity contribution >= 4 is 23.3 Å². The minimum atomic E-state index is -0.983. The van der Waals surface area contributed by atoms with Gasteiger partial charge in [0.15, 0.2) is 0 Å². The highest BCUT2D eigenvalue weighted by atomic mass is 35.5. The van der Waals surface area contributed by atoms with Gasteiger partial charge in [0.25, 0.3) is 0 Å². The number of carboxylic acid groups (broad SMARTS) is 1. The molecule has 0 unspecified atom stereocenters. The fourth-order valence-corrected chi connectivity index (χ4v) is 2.30. The fraction of sp³-hybridized carbons (Fsp3) is 0.200. The van der Waals surface area contributed by atoms with E-state index in [1.807, 2.05) is 25.1 Å². The molecule has 1 aromatic heterocycles. The van der Waals surface area contributed by atoms with Crippen molar-refractivity contribution in [3.05, 3.63) is 57.9 Å². The highest BCUT2D eigenvalue weighted by molar-refractivity contribution is 6.30. The molecule has 0 aliphatic rings. The van der Waals surface area contributed by atoms with E-state index in [4.69, 9.17) is 11.6 Å². The molecule has 0 bridgehead atoms. The van der Waals surface area contributed by atoms with Gasteiger partial charge in [-0.25, -0.2) is 4.79 Å². The van der Waals surface area contributed by atoms with Gasteiger partial charge in [-0.15, -0.1) is 0 Å². The van der Waals surface area contributed by atoms with Crippen molar-refractivity contribution in [2.75, 3.05) is 5.32 Å². The van der Waals surface area contributed by atoms with Gasteiger partial charge in [0.05, 0.1) is 11.4 Å². The van der Waals surface area contributed by atoms with Crippen LogP contribution in [0.2, 0.25) is 5.02 Å². The average Bonchev–Trinajstić information content (AvgIpc) is 2.35. The third-order valence-corrected chi connectivity index (χ3v) is 3.15. The van der Waals surface area contributed by atoms with Crippen LogP contribution in [-0.2, 0) is 6.54 Å². The molecule has 0 amide bonds. The van der Waals surface area contributed by atoms with Gasteiger partial charge in [-0.05, 0) is 37.6 Å². The number of nitrogens with zero attached hydrogens (tertiary/aromatic N) is 1. The molecule has 2 aromatic rings. The standard InChI is InChI=1S/C15H15ClN2O2/c1-9-6-13(14(15(19)20)10(2)18-9)17-8-11-4-3-5-12(16)7-11/h3-7H,8H2,1-2H3,(H,17,18)(H,19,20). The summed E-state index contributed by atoms with van der Waals surface area (Å²) >= 11 is 5.93. The van der Waals surface area contributed by atoms with Gasteiger partial charge in [0.2, 0.25) is 0 Å². The van der Waals surface area contributed by atoms with Crippen molar-refractivity contribution in [1.29, 1.82) is 0 Å². The number of benzene rings is 1. The summed E-state index contributed by atoms with van der Waals surface area (Å²) in [6.07, 6.45) is 0. The van der Waals surface area contributed by atoms with Crippen LogP contribution in [0.4, 0.5) is 5.69 Å². The number of hydrogen-bond acceptors (Lipinski definition) is 3. The van der Waals surface area contributed by atoms with E-state index >= 15 is 0 Å². The van der Waals surface area contributed by atoms with E-state index in [-0.39, 0.29) is 5.56 Å². The van der Waals surface area contributed by atoms with Gasteiger partial charge >= 0.3 is 5.97 Å². The summed E-state index contributed by atoms with van der Waals surface area (Å²) in [4.78, 5) is 15.5. The first-order valence-corrected chi connectivity index (χ1v) is 6.55. The van der Waals surface area contributed by atoms with E-state index in [1.165, 1.54) is 0 Å². The summed E-state index contributed by atoms with van der Waals surface area (Å²) in [7, 11) is 0. The second-order valence-corrected chi connectivity index (χ2v) is 5.00. The molecule has 2 N–H and O–H groups in total. The normalized spacial score (nSPS) is 10.3. The maximum atomic E-state index is 11.3. The maximum Gasteiger partial charge on any atom is 0.339 e. The molecule has 0 aliphatic heterocycles. The topological polar surface area (TPSA) is 62.2 Å². The van der Waals surface area contributed by atoms with Crippen LogP contribution in [0, 0.1) is 13.8 Å². The first kappa shape index (κ1) is 14.3. The van der Waals surface area contributed by atoms with Gasteiger partial charge in [-0.2, -0.15) is 0 Å². The summed E-state index contributed by atoms with van der Waals surface area (Å²) in [6, 6.07) is 9.17. The fourth-order valence-electron chi connectivity index (χ4n) is 2.08. The first-order chi connectivity index (χ1) is 9.47. The molecule has 2 rings (SSSR count). The van der Waals surface area contributed by atoms with Crippen molar-refractivity contribution in [2.24, 2.45) is 0 Å². The van der Waals surface area contributed by atoms with Crippen molar-refractivity contribution < 1.29 is 9.90 Å². The predicted octanol–water partition coefficient (Wildman–Crippen LogP) is 3.66. The Hall–Kier alpha value is -2.07.